The first-order chi connectivity index (χ1) is 14.5. The predicted molar refractivity (Wildman–Crippen MR) is 116 cm³/mol. The van der Waals surface area contributed by atoms with Crippen LogP contribution in [0.2, 0.25) is 5.02 Å². The predicted octanol–water partition coefficient (Wildman–Crippen LogP) is 4.38. The SMILES string of the molecule is COc1cc(C(=O)CC2CC2)cc(CCc2cnc(Nc3cnn(C)c3)nc2)c1Cl. The molecule has 0 radical (unpaired) electrons. The third-order valence-corrected chi connectivity index (χ3v) is 5.61. The molecule has 30 heavy (non-hydrogen) atoms. The minimum Gasteiger partial charge on any atom is -0.495 e. The van der Waals surface area contributed by atoms with Crippen LogP contribution >= 0.6 is 11.6 Å². The van der Waals surface area contributed by atoms with Crippen LogP contribution in [-0.2, 0) is 19.9 Å². The molecule has 8 heteroatoms. The molecule has 1 aliphatic carbocycles. The third kappa shape index (κ3) is 4.97. The lowest BCUT2D eigenvalue weighted by Crippen LogP contribution is -2.04. The third-order valence-electron chi connectivity index (χ3n) is 5.18. The molecule has 0 atom stereocenters. The van der Waals surface area contributed by atoms with Gasteiger partial charge in [-0.15, -0.1) is 0 Å². The van der Waals surface area contributed by atoms with E-state index in [1.807, 2.05) is 19.3 Å². The number of carbonyl (C=O) groups is 1. The second-order valence-electron chi connectivity index (χ2n) is 7.66. The van der Waals surface area contributed by atoms with Crippen molar-refractivity contribution in [1.29, 1.82) is 0 Å². The van der Waals surface area contributed by atoms with Crippen molar-refractivity contribution >= 4 is 29.0 Å². The fourth-order valence-electron chi connectivity index (χ4n) is 3.29. The molecule has 0 amide bonds. The van der Waals surface area contributed by atoms with Gasteiger partial charge in [-0.3, -0.25) is 9.48 Å². The molecule has 1 fully saturated rings. The summed E-state index contributed by atoms with van der Waals surface area (Å²) in [6.07, 6.45) is 11.4. The number of carbonyl (C=O) groups excluding carboxylic acids is 1. The fourth-order valence-corrected chi connectivity index (χ4v) is 3.57. The molecule has 0 saturated heterocycles. The van der Waals surface area contributed by atoms with E-state index in [0.29, 0.717) is 47.5 Å². The minimum atomic E-state index is 0.155. The number of Topliss-reactive ketones (excluding diaryl/α,β-unsaturated/α-hetero) is 1. The summed E-state index contributed by atoms with van der Waals surface area (Å²) in [6, 6.07) is 3.65. The summed E-state index contributed by atoms with van der Waals surface area (Å²) in [6.45, 7) is 0. The molecule has 1 aromatic carbocycles. The Labute approximate surface area is 180 Å². The highest BCUT2D eigenvalue weighted by atomic mass is 35.5. The Morgan fingerprint density at radius 2 is 2.00 bits per heavy atom. The number of aryl methyl sites for hydroxylation is 3. The lowest BCUT2D eigenvalue weighted by Gasteiger charge is -2.12. The topological polar surface area (TPSA) is 81.9 Å². The minimum absolute atomic E-state index is 0.155. The van der Waals surface area contributed by atoms with Crippen LogP contribution in [0.1, 0.15) is 40.7 Å². The van der Waals surface area contributed by atoms with Gasteiger partial charge in [0.15, 0.2) is 5.78 Å². The first-order valence-corrected chi connectivity index (χ1v) is 10.4. The maximum absolute atomic E-state index is 12.6. The van der Waals surface area contributed by atoms with Gasteiger partial charge in [0.2, 0.25) is 5.95 Å². The zero-order valence-corrected chi connectivity index (χ0v) is 17.8. The molecule has 3 aromatic rings. The summed E-state index contributed by atoms with van der Waals surface area (Å²) in [7, 11) is 3.42. The van der Waals surface area contributed by atoms with Crippen LogP contribution in [-0.4, -0.2) is 32.6 Å². The molecule has 2 heterocycles. The zero-order chi connectivity index (χ0) is 21.1. The van der Waals surface area contributed by atoms with Crippen molar-refractivity contribution in [3.05, 3.63) is 58.6 Å². The Morgan fingerprint density at radius 1 is 1.23 bits per heavy atom. The van der Waals surface area contributed by atoms with Gasteiger partial charge in [0.1, 0.15) is 5.75 Å². The van der Waals surface area contributed by atoms with E-state index in [1.165, 1.54) is 0 Å². The number of rotatable bonds is 9. The van der Waals surface area contributed by atoms with Crippen molar-refractivity contribution in [3.63, 3.8) is 0 Å². The Morgan fingerprint density at radius 3 is 2.63 bits per heavy atom. The fraction of sp³-hybridized carbons (Fsp3) is 0.364. The van der Waals surface area contributed by atoms with Gasteiger partial charge in [0, 0.05) is 37.6 Å². The molecule has 2 aromatic heterocycles. The maximum Gasteiger partial charge on any atom is 0.227 e. The van der Waals surface area contributed by atoms with E-state index < -0.39 is 0 Å². The lowest BCUT2D eigenvalue weighted by atomic mass is 9.99. The summed E-state index contributed by atoms with van der Waals surface area (Å²) in [5.41, 5.74) is 3.38. The molecule has 4 rings (SSSR count). The maximum atomic E-state index is 12.6. The average molecular weight is 426 g/mol. The summed E-state index contributed by atoms with van der Waals surface area (Å²) >= 11 is 6.50. The Kier molecular flexibility index (Phi) is 5.99. The Bertz CT molecular complexity index is 1040. The second-order valence-corrected chi connectivity index (χ2v) is 8.04. The van der Waals surface area contributed by atoms with Crippen molar-refractivity contribution in [3.8, 4) is 5.75 Å². The smallest absolute Gasteiger partial charge is 0.227 e. The monoisotopic (exact) mass is 425 g/mol. The number of hydrogen-bond acceptors (Lipinski definition) is 6. The van der Waals surface area contributed by atoms with Crippen LogP contribution in [0.15, 0.2) is 36.9 Å². The first-order valence-electron chi connectivity index (χ1n) is 9.98. The normalized spacial score (nSPS) is 13.3. The highest BCUT2D eigenvalue weighted by Crippen LogP contribution is 2.36. The number of hydrogen-bond donors (Lipinski definition) is 1. The van der Waals surface area contributed by atoms with Crippen LogP contribution in [0, 0.1) is 5.92 Å². The number of aromatic nitrogens is 4. The largest absolute Gasteiger partial charge is 0.495 e. The number of ether oxygens (including phenoxy) is 1. The van der Waals surface area contributed by atoms with Gasteiger partial charge in [-0.25, -0.2) is 9.97 Å². The van der Waals surface area contributed by atoms with Crippen molar-refractivity contribution in [2.45, 2.75) is 32.1 Å². The van der Waals surface area contributed by atoms with Crippen molar-refractivity contribution in [1.82, 2.24) is 19.7 Å². The number of nitrogens with zero attached hydrogens (tertiary/aromatic N) is 4. The molecular weight excluding hydrogens is 402 g/mol. The van der Waals surface area contributed by atoms with Crippen molar-refractivity contribution in [2.75, 3.05) is 12.4 Å². The van der Waals surface area contributed by atoms with Gasteiger partial charge in [-0.05, 0) is 54.9 Å². The summed E-state index contributed by atoms with van der Waals surface area (Å²) in [5, 5.41) is 7.77. The van der Waals surface area contributed by atoms with E-state index in [0.717, 1.165) is 29.7 Å². The van der Waals surface area contributed by atoms with Gasteiger partial charge in [0.05, 0.1) is 24.0 Å². The average Bonchev–Trinajstić information content (AvgIpc) is 3.47. The molecule has 156 valence electrons. The molecule has 0 unspecified atom stereocenters. The number of halogens is 1. The van der Waals surface area contributed by atoms with Crippen LogP contribution in [0.25, 0.3) is 0 Å². The van der Waals surface area contributed by atoms with Gasteiger partial charge < -0.3 is 10.1 Å². The molecule has 0 aliphatic heterocycles. The number of anilines is 2. The lowest BCUT2D eigenvalue weighted by molar-refractivity contribution is 0.0975. The van der Waals surface area contributed by atoms with E-state index in [-0.39, 0.29) is 5.78 Å². The molecule has 1 N–H and O–H groups in total. The van der Waals surface area contributed by atoms with Crippen LogP contribution in [0.5, 0.6) is 5.75 Å². The molecule has 1 aliphatic rings. The van der Waals surface area contributed by atoms with Gasteiger partial charge >= 0.3 is 0 Å². The van der Waals surface area contributed by atoms with E-state index in [4.69, 9.17) is 16.3 Å². The quantitative estimate of drug-likeness (QED) is 0.512. The van der Waals surface area contributed by atoms with E-state index in [1.54, 1.807) is 36.4 Å². The molecule has 1 saturated carbocycles. The van der Waals surface area contributed by atoms with Crippen LogP contribution in [0.4, 0.5) is 11.6 Å². The number of methoxy groups -OCH3 is 1. The Hall–Kier alpha value is -2.93. The zero-order valence-electron chi connectivity index (χ0n) is 17.1. The van der Waals surface area contributed by atoms with Gasteiger partial charge in [-0.2, -0.15) is 5.10 Å². The van der Waals surface area contributed by atoms with Crippen molar-refractivity contribution < 1.29 is 9.53 Å². The molecule has 0 spiro atoms. The number of benzene rings is 1. The standard InChI is InChI=1S/C22H24ClN5O2/c1-28-13-18(12-26-28)27-22-24-10-15(11-25-22)5-6-16-8-17(9-20(30-2)21(16)23)19(29)7-14-3-4-14/h8-14H,3-7H2,1-2H3,(H,24,25,27). The first kappa shape index (κ1) is 20.3. The summed E-state index contributed by atoms with van der Waals surface area (Å²) in [5.74, 6) is 1.75. The molecular formula is C22H24ClN5O2. The van der Waals surface area contributed by atoms with Crippen LogP contribution < -0.4 is 10.1 Å². The number of nitrogens with one attached hydrogen (secondary N) is 1. The van der Waals surface area contributed by atoms with Crippen LogP contribution in [0.3, 0.4) is 0 Å². The number of ketones is 1. The highest BCUT2D eigenvalue weighted by molar-refractivity contribution is 6.33. The van der Waals surface area contributed by atoms with E-state index in [2.05, 4.69) is 20.4 Å². The van der Waals surface area contributed by atoms with Crippen molar-refractivity contribution in [2.24, 2.45) is 13.0 Å². The van der Waals surface area contributed by atoms with E-state index in [9.17, 15) is 4.79 Å². The Balaban J connectivity index is 1.43. The second kappa shape index (κ2) is 8.83. The van der Waals surface area contributed by atoms with Gasteiger partial charge in [-0.1, -0.05) is 11.6 Å². The molecule has 7 nitrogen and oxygen atoms in total. The summed E-state index contributed by atoms with van der Waals surface area (Å²) in [4.78, 5) is 21.3. The van der Waals surface area contributed by atoms with Gasteiger partial charge in [0.25, 0.3) is 0 Å². The molecule has 0 bridgehead atoms. The summed E-state index contributed by atoms with van der Waals surface area (Å²) < 4.78 is 7.11. The van der Waals surface area contributed by atoms with E-state index >= 15 is 0 Å². The highest BCUT2D eigenvalue weighted by Gasteiger charge is 2.25.